The van der Waals surface area contributed by atoms with Crippen LogP contribution < -0.4 is 25.4 Å². The fourth-order valence-corrected chi connectivity index (χ4v) is 6.49. The molecule has 0 aliphatic carbocycles. The van der Waals surface area contributed by atoms with Crippen molar-refractivity contribution in [3.8, 4) is 11.5 Å². The molecule has 3 heterocycles. The van der Waals surface area contributed by atoms with Gasteiger partial charge in [-0.3, -0.25) is 19.3 Å². The Morgan fingerprint density at radius 3 is 2.59 bits per heavy atom. The predicted molar refractivity (Wildman–Crippen MR) is 168 cm³/mol. The van der Waals surface area contributed by atoms with Crippen LogP contribution in [0.5, 0.6) is 11.5 Å². The minimum atomic E-state index is -0.683. The third kappa shape index (κ3) is 7.78. The predicted octanol–water partition coefficient (Wildman–Crippen LogP) is 3.32. The van der Waals surface area contributed by atoms with Crippen molar-refractivity contribution in [2.75, 3.05) is 52.4 Å². The Morgan fingerprint density at radius 2 is 1.84 bits per heavy atom. The van der Waals surface area contributed by atoms with Gasteiger partial charge in [0.1, 0.15) is 17.5 Å². The summed E-state index contributed by atoms with van der Waals surface area (Å²) < 4.78 is 16.3. The Hall–Kier alpha value is -3.89. The Morgan fingerprint density at radius 1 is 1.05 bits per heavy atom. The van der Waals surface area contributed by atoms with Crippen molar-refractivity contribution in [2.45, 2.75) is 50.6 Å². The lowest BCUT2D eigenvalue weighted by Gasteiger charge is -2.40. The number of hydrogen-bond donors (Lipinski definition) is 3. The summed E-state index contributed by atoms with van der Waals surface area (Å²) in [6, 6.07) is 14.3. The van der Waals surface area contributed by atoms with Crippen LogP contribution in [0, 0.1) is 11.3 Å². The second-order valence-electron chi connectivity index (χ2n) is 12.0. The molecule has 1 spiro atoms. The molecule has 10 nitrogen and oxygen atoms in total. The highest BCUT2D eigenvalue weighted by Gasteiger charge is 2.41. The summed E-state index contributed by atoms with van der Waals surface area (Å²) in [5, 5.41) is 9.40. The number of anilines is 1. The lowest BCUT2D eigenvalue weighted by atomic mass is 9.75. The lowest BCUT2D eigenvalue weighted by Crippen LogP contribution is -2.58. The number of piperidine rings is 1. The Labute approximate surface area is 259 Å². The number of fused-ring (bicyclic) bond motifs is 1. The van der Waals surface area contributed by atoms with Gasteiger partial charge in [-0.05, 0) is 55.7 Å². The number of nitrogens with one attached hydrogen (secondary N) is 3. The second kappa shape index (κ2) is 14.7. The van der Waals surface area contributed by atoms with E-state index in [2.05, 4.69) is 33.0 Å². The van der Waals surface area contributed by atoms with Gasteiger partial charge in [0.2, 0.25) is 17.7 Å². The van der Waals surface area contributed by atoms with Crippen LogP contribution in [0.3, 0.4) is 0 Å². The van der Waals surface area contributed by atoms with Gasteiger partial charge in [-0.25, -0.2) is 0 Å². The monoisotopic (exact) mass is 604 g/mol. The van der Waals surface area contributed by atoms with E-state index in [-0.39, 0.29) is 36.2 Å². The van der Waals surface area contributed by atoms with Gasteiger partial charge < -0.3 is 30.2 Å². The molecule has 3 atom stereocenters. The van der Waals surface area contributed by atoms with Crippen molar-refractivity contribution in [3.63, 3.8) is 0 Å². The van der Waals surface area contributed by atoms with Crippen LogP contribution in [0.15, 0.2) is 60.7 Å². The fraction of sp³-hybridized carbons (Fsp3) is 0.500. The summed E-state index contributed by atoms with van der Waals surface area (Å²) in [6.07, 6.45) is 7.98. The number of carbonyl (C=O) groups is 3. The zero-order chi connectivity index (χ0) is 30.9. The molecule has 0 bridgehead atoms. The first kappa shape index (κ1) is 31.5. The number of allylic oxidation sites excluding steroid dienone is 2. The van der Waals surface area contributed by atoms with Gasteiger partial charge in [-0.1, -0.05) is 42.5 Å². The van der Waals surface area contributed by atoms with Gasteiger partial charge in [0.15, 0.2) is 0 Å². The molecule has 2 saturated heterocycles. The molecule has 236 valence electrons. The maximum absolute atomic E-state index is 13.8. The maximum atomic E-state index is 13.8. The van der Waals surface area contributed by atoms with Crippen molar-refractivity contribution < 1.29 is 28.6 Å². The van der Waals surface area contributed by atoms with E-state index >= 15 is 0 Å². The van der Waals surface area contributed by atoms with E-state index in [1.54, 1.807) is 32.4 Å². The van der Waals surface area contributed by atoms with Gasteiger partial charge in [0.05, 0.1) is 31.9 Å². The lowest BCUT2D eigenvalue weighted by molar-refractivity contribution is -0.140. The standard InChI is InChI=1S/C34H44N4O6/c1-42-26-11-12-28(30(21-26)43-2)35-31(39)23-38-17-13-27-25(22-38)10-6-7-14-34(15-18-44-19-16-34)33(41)37-29(32(40)36-27)20-24-8-4-3-5-9-24/h3-9,11-12,21,25,27,29H,10,13-20,22-23H2,1-2H3,(H,35,39)(H,36,40)(H,37,41)/t25-,27+,29-/m0/s1. The number of carbonyl (C=O) groups excluding carboxylic acids is 3. The summed E-state index contributed by atoms with van der Waals surface area (Å²) >= 11 is 0. The zero-order valence-corrected chi connectivity index (χ0v) is 25.7. The molecule has 0 aromatic heterocycles. The Balaban J connectivity index is 1.30. The van der Waals surface area contributed by atoms with Gasteiger partial charge in [-0.2, -0.15) is 0 Å². The van der Waals surface area contributed by atoms with Crippen LogP contribution in [-0.4, -0.2) is 81.8 Å². The molecule has 0 unspecified atom stereocenters. The third-order valence-electron chi connectivity index (χ3n) is 9.15. The summed E-state index contributed by atoms with van der Waals surface area (Å²) in [4.78, 5) is 42.8. The molecule has 2 fully saturated rings. The van der Waals surface area contributed by atoms with Crippen molar-refractivity contribution >= 4 is 23.4 Å². The van der Waals surface area contributed by atoms with E-state index in [1.165, 1.54) is 0 Å². The number of benzene rings is 2. The van der Waals surface area contributed by atoms with Crippen LogP contribution in [-0.2, 0) is 25.5 Å². The normalized spacial score (nSPS) is 24.2. The van der Waals surface area contributed by atoms with Gasteiger partial charge in [0, 0.05) is 44.8 Å². The molecule has 3 N–H and O–H groups in total. The minimum Gasteiger partial charge on any atom is -0.497 e. The molecular formula is C34H44N4O6. The second-order valence-corrected chi connectivity index (χ2v) is 12.0. The van der Waals surface area contributed by atoms with Crippen molar-refractivity contribution in [3.05, 3.63) is 66.2 Å². The van der Waals surface area contributed by atoms with E-state index in [0.717, 1.165) is 12.0 Å². The molecule has 0 saturated carbocycles. The minimum absolute atomic E-state index is 0.0696. The van der Waals surface area contributed by atoms with Crippen LogP contribution in [0.1, 0.15) is 37.7 Å². The number of hydrogen-bond acceptors (Lipinski definition) is 7. The smallest absolute Gasteiger partial charge is 0.243 e. The molecule has 2 aromatic carbocycles. The Bertz CT molecular complexity index is 1330. The molecule has 0 radical (unpaired) electrons. The highest BCUT2D eigenvalue weighted by Crippen LogP contribution is 2.36. The molecule has 44 heavy (non-hydrogen) atoms. The third-order valence-corrected chi connectivity index (χ3v) is 9.15. The molecule has 2 aromatic rings. The molecule has 5 rings (SSSR count). The fourth-order valence-electron chi connectivity index (χ4n) is 6.49. The summed E-state index contributed by atoms with van der Waals surface area (Å²) in [5.74, 6) is 0.919. The number of nitrogens with zero attached hydrogens (tertiary/aromatic N) is 1. The molecular weight excluding hydrogens is 560 g/mol. The number of amides is 3. The van der Waals surface area contributed by atoms with E-state index in [0.29, 0.717) is 75.6 Å². The summed E-state index contributed by atoms with van der Waals surface area (Å²) in [6.45, 7) is 2.61. The number of ether oxygens (including phenoxy) is 3. The van der Waals surface area contributed by atoms with E-state index in [9.17, 15) is 14.4 Å². The first-order valence-corrected chi connectivity index (χ1v) is 15.5. The summed E-state index contributed by atoms with van der Waals surface area (Å²) in [5.41, 5.74) is 0.983. The number of rotatable bonds is 7. The average Bonchev–Trinajstić information content (AvgIpc) is 3.04. The van der Waals surface area contributed by atoms with Gasteiger partial charge in [0.25, 0.3) is 0 Å². The number of methoxy groups -OCH3 is 2. The topological polar surface area (TPSA) is 118 Å². The van der Waals surface area contributed by atoms with Gasteiger partial charge >= 0.3 is 0 Å². The van der Waals surface area contributed by atoms with Gasteiger partial charge in [-0.15, -0.1) is 0 Å². The Kier molecular flexibility index (Phi) is 10.6. The molecule has 10 heteroatoms. The van der Waals surface area contributed by atoms with Crippen LogP contribution in [0.25, 0.3) is 0 Å². The van der Waals surface area contributed by atoms with Crippen molar-refractivity contribution in [1.29, 1.82) is 0 Å². The van der Waals surface area contributed by atoms with Crippen LogP contribution in [0.2, 0.25) is 0 Å². The first-order valence-electron chi connectivity index (χ1n) is 15.5. The highest BCUT2D eigenvalue weighted by molar-refractivity contribution is 5.94. The van der Waals surface area contributed by atoms with E-state index in [1.807, 2.05) is 30.3 Å². The average molecular weight is 605 g/mol. The summed E-state index contributed by atoms with van der Waals surface area (Å²) in [7, 11) is 3.14. The molecule has 3 amide bonds. The molecule has 3 aliphatic heterocycles. The SMILES string of the molecule is COc1ccc(NC(=O)CN2CC[C@H]3NC(=O)[C@H](Cc4ccccc4)NC(=O)C4(CC=CC[C@H]3C2)CCOCC4)c(OC)c1. The highest BCUT2D eigenvalue weighted by atomic mass is 16.5. The van der Waals surface area contributed by atoms with Crippen LogP contribution >= 0.6 is 0 Å². The maximum Gasteiger partial charge on any atom is 0.243 e. The quantitative estimate of drug-likeness (QED) is 0.415. The van der Waals surface area contributed by atoms with Crippen molar-refractivity contribution in [1.82, 2.24) is 15.5 Å². The molecule has 3 aliphatic rings. The largest absolute Gasteiger partial charge is 0.497 e. The zero-order valence-electron chi connectivity index (χ0n) is 25.7. The number of likely N-dealkylation sites (tertiary alicyclic amines) is 1. The van der Waals surface area contributed by atoms with Crippen molar-refractivity contribution in [2.24, 2.45) is 11.3 Å². The first-order chi connectivity index (χ1) is 21.4. The van der Waals surface area contributed by atoms with Crippen LogP contribution in [0.4, 0.5) is 5.69 Å². The van der Waals surface area contributed by atoms with E-state index < -0.39 is 11.5 Å². The van der Waals surface area contributed by atoms with E-state index in [4.69, 9.17) is 14.2 Å².